The molecule has 0 heterocycles. The molecule has 2 rings (SSSR count). The lowest BCUT2D eigenvalue weighted by atomic mass is 10.1. The maximum Gasteiger partial charge on any atom is 0.262 e. The Morgan fingerprint density at radius 3 is 2.48 bits per heavy atom. The minimum atomic E-state index is -3.92. The highest BCUT2D eigenvalue weighted by atomic mass is 32.2. The number of halogens is 1. The van der Waals surface area contributed by atoms with Crippen LogP contribution in [0, 0.1) is 12.8 Å². The van der Waals surface area contributed by atoms with Crippen molar-refractivity contribution in [2.45, 2.75) is 23.9 Å². The molecule has 0 fully saturated rings. The van der Waals surface area contributed by atoms with Crippen molar-refractivity contribution in [2.24, 2.45) is 5.92 Å². The van der Waals surface area contributed by atoms with E-state index in [2.05, 4.69) is 4.72 Å². The van der Waals surface area contributed by atoms with Crippen molar-refractivity contribution in [3.8, 4) is 0 Å². The molecule has 6 nitrogen and oxygen atoms in total. The van der Waals surface area contributed by atoms with Crippen molar-refractivity contribution < 1.29 is 22.7 Å². The number of nitrogens with one attached hydrogen (secondary N) is 1. The van der Waals surface area contributed by atoms with Crippen LogP contribution in [0.2, 0.25) is 0 Å². The fourth-order valence-electron chi connectivity index (χ4n) is 2.71. The average Bonchev–Trinajstić information content (AvgIpc) is 2.65. The van der Waals surface area contributed by atoms with Crippen LogP contribution in [0.4, 0.5) is 15.8 Å². The summed E-state index contributed by atoms with van der Waals surface area (Å²) in [5, 5.41) is 7.39. The minimum Gasteiger partial charge on any atom is -0.396 e. The number of rotatable bonds is 7. The molecule has 0 aromatic heterocycles. The zero-order chi connectivity index (χ0) is 22.0. The maximum absolute atomic E-state index is 14.1. The van der Waals surface area contributed by atoms with Crippen molar-refractivity contribution in [1.82, 2.24) is 0 Å². The molecule has 0 aliphatic carbocycles. The predicted octanol–water partition coefficient (Wildman–Crippen LogP) is 3.22. The molecule has 0 aliphatic rings. The van der Waals surface area contributed by atoms with Crippen LogP contribution in [-0.2, 0) is 20.0 Å². The topological polar surface area (TPSA) is 86.7 Å². The number of sulfonamides is 1. The number of alkyl halides is 1. The third-order valence-electron chi connectivity index (χ3n) is 4.42. The summed E-state index contributed by atoms with van der Waals surface area (Å²) in [4.78, 5) is 13.6. The van der Waals surface area contributed by atoms with Gasteiger partial charge in [0.25, 0.3) is 10.0 Å². The monoisotopic (exact) mass is 458 g/mol. The summed E-state index contributed by atoms with van der Waals surface area (Å²) in [7, 11) is 1.72. The Morgan fingerprint density at radius 1 is 1.28 bits per heavy atom. The number of hydrogen-bond acceptors (Lipinski definition) is 4. The first-order valence-corrected chi connectivity index (χ1v) is 11.4. The minimum absolute atomic E-state index is 0.0472. The number of amides is 1. The van der Waals surface area contributed by atoms with Gasteiger partial charge in [-0.05, 0) is 48.4 Å². The Labute approximate surface area is 175 Å². The van der Waals surface area contributed by atoms with Crippen LogP contribution >= 0.6 is 18.5 Å². The molecule has 2 aromatic carbocycles. The van der Waals surface area contributed by atoms with Crippen LogP contribution < -0.4 is 9.62 Å². The third-order valence-corrected chi connectivity index (χ3v) is 6.63. The number of hydrogen-bond donors (Lipinski definition) is 2. The summed E-state index contributed by atoms with van der Waals surface area (Å²) in [5.74, 6) is -0.837. The lowest BCUT2D eigenvalue weighted by Crippen LogP contribution is -2.33. The van der Waals surface area contributed by atoms with Gasteiger partial charge in [-0.1, -0.05) is 37.5 Å². The summed E-state index contributed by atoms with van der Waals surface area (Å²) in [6.45, 7) is 2.96. The first-order valence-electron chi connectivity index (χ1n) is 8.76. The molecule has 158 valence electrons. The summed E-state index contributed by atoms with van der Waals surface area (Å²) in [6.07, 6.45) is 0. The lowest BCUT2D eigenvalue weighted by Gasteiger charge is -2.22. The van der Waals surface area contributed by atoms with Gasteiger partial charge in [0.2, 0.25) is 5.91 Å². The Balaban J connectivity index is 2.31. The van der Waals surface area contributed by atoms with E-state index in [9.17, 15) is 17.6 Å². The fourth-order valence-corrected chi connectivity index (χ4v) is 4.35. The van der Waals surface area contributed by atoms with Gasteiger partial charge in [0, 0.05) is 18.4 Å². The summed E-state index contributed by atoms with van der Waals surface area (Å²) < 4.78 is 42.2. The standard InChI is InChI=1S/C19H25FN2O4P2S/c1-12-9-16(22(3)18(24)13(2)11-23)7-8-17(12)29(25,26)21-15-6-4-5-14(10-15)19(20,27)28/h4-10,13,21,23H,11,27-28H2,1-3H3/t13-/m1/s1. The number of carbonyl (C=O) groups excluding carboxylic acids is 1. The molecule has 3 atom stereocenters. The van der Waals surface area contributed by atoms with Gasteiger partial charge in [-0.15, -0.1) is 0 Å². The normalized spacial score (nSPS) is 13.1. The molecule has 2 unspecified atom stereocenters. The average molecular weight is 458 g/mol. The van der Waals surface area contributed by atoms with Crippen LogP contribution in [0.1, 0.15) is 18.1 Å². The molecule has 2 N–H and O–H groups in total. The molecule has 0 bridgehead atoms. The van der Waals surface area contributed by atoms with E-state index in [0.717, 1.165) is 0 Å². The van der Waals surface area contributed by atoms with E-state index in [1.165, 1.54) is 29.2 Å². The third kappa shape index (κ3) is 5.73. The van der Waals surface area contributed by atoms with Gasteiger partial charge in [0.15, 0.2) is 5.15 Å². The van der Waals surface area contributed by atoms with Gasteiger partial charge in [-0.25, -0.2) is 12.8 Å². The molecule has 29 heavy (non-hydrogen) atoms. The Bertz CT molecular complexity index is 1010. The molecule has 0 saturated carbocycles. The largest absolute Gasteiger partial charge is 0.396 e. The van der Waals surface area contributed by atoms with E-state index in [1.54, 1.807) is 39.1 Å². The zero-order valence-corrected chi connectivity index (χ0v) is 19.5. The van der Waals surface area contributed by atoms with E-state index in [-0.39, 0.29) is 28.7 Å². The highest BCUT2D eigenvalue weighted by Crippen LogP contribution is 2.40. The second-order valence-electron chi connectivity index (χ2n) is 6.89. The van der Waals surface area contributed by atoms with Crippen LogP contribution in [0.25, 0.3) is 0 Å². The van der Waals surface area contributed by atoms with Gasteiger partial charge in [0.1, 0.15) is 0 Å². The molecule has 0 spiro atoms. The Kier molecular flexibility index (Phi) is 7.39. The van der Waals surface area contributed by atoms with E-state index in [4.69, 9.17) is 5.11 Å². The maximum atomic E-state index is 14.1. The van der Waals surface area contributed by atoms with Gasteiger partial charge in [-0.2, -0.15) is 0 Å². The highest BCUT2D eigenvalue weighted by molar-refractivity contribution is 7.92. The van der Waals surface area contributed by atoms with Crippen molar-refractivity contribution in [2.75, 3.05) is 23.3 Å². The van der Waals surface area contributed by atoms with Crippen molar-refractivity contribution in [3.05, 3.63) is 53.6 Å². The molecular weight excluding hydrogens is 433 g/mol. The molecule has 10 heteroatoms. The number of anilines is 2. The second kappa shape index (κ2) is 9.05. The van der Waals surface area contributed by atoms with Gasteiger partial charge >= 0.3 is 0 Å². The smallest absolute Gasteiger partial charge is 0.262 e. The number of aliphatic hydroxyl groups is 1. The molecule has 2 aromatic rings. The van der Waals surface area contributed by atoms with Crippen molar-refractivity contribution >= 4 is 45.8 Å². The number of nitrogens with zero attached hydrogens (tertiary/aromatic N) is 1. The van der Waals surface area contributed by atoms with Crippen molar-refractivity contribution in [1.29, 1.82) is 0 Å². The van der Waals surface area contributed by atoms with E-state index < -0.39 is 21.1 Å². The fraction of sp³-hybridized carbons (Fsp3) is 0.316. The zero-order valence-electron chi connectivity index (χ0n) is 16.4. The summed E-state index contributed by atoms with van der Waals surface area (Å²) >= 11 is 0. The predicted molar refractivity (Wildman–Crippen MR) is 120 cm³/mol. The van der Waals surface area contributed by atoms with Crippen LogP contribution in [0.5, 0.6) is 0 Å². The number of benzene rings is 2. The number of aliphatic hydroxyl groups excluding tert-OH is 1. The summed E-state index contributed by atoms with van der Waals surface area (Å²) in [5.41, 5.74) is 1.49. The Hall–Kier alpha value is -1.59. The first-order chi connectivity index (χ1) is 13.4. The van der Waals surface area contributed by atoms with E-state index >= 15 is 0 Å². The van der Waals surface area contributed by atoms with Gasteiger partial charge in [0.05, 0.1) is 17.4 Å². The SMILES string of the molecule is Cc1cc(N(C)C(=O)[C@H](C)CO)ccc1S(=O)(=O)Nc1cccc(C(F)(P)P)c1. The number of carbonyl (C=O) groups is 1. The van der Waals surface area contributed by atoms with Crippen LogP contribution in [-0.4, -0.2) is 33.1 Å². The summed E-state index contributed by atoms with van der Waals surface area (Å²) in [6, 6.07) is 10.6. The van der Waals surface area contributed by atoms with E-state index in [0.29, 0.717) is 11.3 Å². The first kappa shape index (κ1) is 23.7. The molecule has 1 amide bonds. The molecule has 0 aliphatic heterocycles. The van der Waals surface area contributed by atoms with Crippen molar-refractivity contribution in [3.63, 3.8) is 0 Å². The van der Waals surface area contributed by atoms with Gasteiger partial charge < -0.3 is 10.0 Å². The molecular formula is C19H25FN2O4P2S. The van der Waals surface area contributed by atoms with Crippen LogP contribution in [0.15, 0.2) is 47.4 Å². The van der Waals surface area contributed by atoms with Crippen LogP contribution in [0.3, 0.4) is 0 Å². The lowest BCUT2D eigenvalue weighted by molar-refractivity contribution is -0.122. The van der Waals surface area contributed by atoms with E-state index in [1.807, 2.05) is 18.5 Å². The second-order valence-corrected chi connectivity index (χ2v) is 10.9. The van der Waals surface area contributed by atoms with Gasteiger partial charge in [-0.3, -0.25) is 9.52 Å². The molecule has 0 saturated heterocycles. The highest BCUT2D eigenvalue weighted by Gasteiger charge is 2.23. The number of aryl methyl sites for hydroxylation is 1. The molecule has 0 radical (unpaired) electrons. The Morgan fingerprint density at radius 2 is 1.93 bits per heavy atom. The quantitative estimate of drug-likeness (QED) is 0.624.